The molecule has 0 radical (unpaired) electrons. The fourth-order valence-electron chi connectivity index (χ4n) is 2.06. The smallest absolute Gasteiger partial charge is 0.191 e. The van der Waals surface area contributed by atoms with Gasteiger partial charge >= 0.3 is 0 Å². The summed E-state index contributed by atoms with van der Waals surface area (Å²) in [6.45, 7) is 3.62. The first-order valence-corrected chi connectivity index (χ1v) is 6.06. The van der Waals surface area contributed by atoms with Crippen molar-refractivity contribution in [1.82, 2.24) is 4.90 Å². The highest BCUT2D eigenvalue weighted by molar-refractivity contribution is 6.32. The molecule has 1 aliphatic rings. The molecule has 0 fully saturated rings. The van der Waals surface area contributed by atoms with Crippen LogP contribution in [-0.4, -0.2) is 29.1 Å². The zero-order valence-electron chi connectivity index (χ0n) is 9.73. The van der Waals surface area contributed by atoms with Crippen molar-refractivity contribution in [3.8, 4) is 5.75 Å². The third kappa shape index (κ3) is 2.31. The number of phenols is 1. The van der Waals surface area contributed by atoms with E-state index in [0.29, 0.717) is 17.5 Å². The second-order valence-electron chi connectivity index (χ2n) is 4.12. The van der Waals surface area contributed by atoms with Crippen molar-refractivity contribution in [2.75, 3.05) is 13.1 Å². The lowest BCUT2D eigenvalue weighted by Crippen LogP contribution is -2.36. The number of benzene rings is 1. The summed E-state index contributed by atoms with van der Waals surface area (Å²) in [5, 5.41) is 9.77. The maximum absolute atomic E-state index is 9.41. The lowest BCUT2D eigenvalue weighted by atomic mass is 10.1. The largest absolute Gasteiger partial charge is 0.506 e. The first-order chi connectivity index (χ1) is 8.13. The van der Waals surface area contributed by atoms with Crippen LogP contribution in [0, 0.1) is 0 Å². The fraction of sp³-hybridized carbons (Fsp3) is 0.417. The predicted octanol–water partition coefficient (Wildman–Crippen LogP) is 2.13. The number of guanidine groups is 1. The summed E-state index contributed by atoms with van der Waals surface area (Å²) in [6.07, 6.45) is 1.01. The highest BCUT2D eigenvalue weighted by atomic mass is 35.5. The van der Waals surface area contributed by atoms with Gasteiger partial charge in [0.15, 0.2) is 5.96 Å². The molecule has 4 nitrogen and oxygen atoms in total. The van der Waals surface area contributed by atoms with Crippen molar-refractivity contribution in [3.63, 3.8) is 0 Å². The van der Waals surface area contributed by atoms with E-state index in [1.54, 1.807) is 12.1 Å². The summed E-state index contributed by atoms with van der Waals surface area (Å²) in [4.78, 5) is 6.33. The van der Waals surface area contributed by atoms with E-state index in [0.717, 1.165) is 18.5 Å². The number of aromatic hydroxyl groups is 1. The highest BCUT2D eigenvalue weighted by Gasteiger charge is 2.26. The summed E-state index contributed by atoms with van der Waals surface area (Å²) < 4.78 is 0. The summed E-state index contributed by atoms with van der Waals surface area (Å²) in [7, 11) is 0. The lowest BCUT2D eigenvalue weighted by Gasteiger charge is -2.26. The fourth-order valence-corrected chi connectivity index (χ4v) is 2.25. The van der Waals surface area contributed by atoms with Gasteiger partial charge in [-0.2, -0.15) is 0 Å². The Kier molecular flexibility index (Phi) is 3.43. The van der Waals surface area contributed by atoms with E-state index in [-0.39, 0.29) is 11.8 Å². The van der Waals surface area contributed by atoms with Crippen LogP contribution in [-0.2, 0) is 0 Å². The van der Waals surface area contributed by atoms with Gasteiger partial charge in [-0.15, -0.1) is 0 Å². The van der Waals surface area contributed by atoms with E-state index in [2.05, 4.69) is 16.8 Å². The standard InChI is InChI=1S/C12H16ClN3O/c1-2-5-16-10(7-15-12(16)14)8-3-4-11(17)9(13)6-8/h3-4,6,10,17H,2,5,7H2,1H3,(H2,14,15). The molecule has 0 saturated heterocycles. The number of hydrogen-bond acceptors (Lipinski definition) is 4. The predicted molar refractivity (Wildman–Crippen MR) is 69.3 cm³/mol. The van der Waals surface area contributed by atoms with Crippen molar-refractivity contribution in [1.29, 1.82) is 0 Å². The second kappa shape index (κ2) is 4.84. The summed E-state index contributed by atoms with van der Waals surface area (Å²) in [5.41, 5.74) is 6.89. The van der Waals surface area contributed by atoms with Crippen LogP contribution in [0.4, 0.5) is 0 Å². The van der Waals surface area contributed by atoms with Crippen molar-refractivity contribution in [2.45, 2.75) is 19.4 Å². The van der Waals surface area contributed by atoms with Crippen molar-refractivity contribution >= 4 is 17.6 Å². The molecular weight excluding hydrogens is 238 g/mol. The maximum atomic E-state index is 9.41. The molecule has 1 aromatic rings. The normalized spacial score (nSPS) is 19.5. The third-order valence-electron chi connectivity index (χ3n) is 2.92. The van der Waals surface area contributed by atoms with Crippen molar-refractivity contribution < 1.29 is 5.11 Å². The van der Waals surface area contributed by atoms with Crippen LogP contribution in [0.3, 0.4) is 0 Å². The molecule has 2 rings (SSSR count). The Labute approximate surface area is 106 Å². The first kappa shape index (κ1) is 12.0. The molecule has 1 atom stereocenters. The maximum Gasteiger partial charge on any atom is 0.191 e. The molecule has 0 aromatic heterocycles. The van der Waals surface area contributed by atoms with E-state index in [1.807, 2.05) is 6.07 Å². The van der Waals surface area contributed by atoms with Gasteiger partial charge in [-0.25, -0.2) is 0 Å². The number of aliphatic imine (C=N–C) groups is 1. The molecule has 0 aliphatic carbocycles. The van der Waals surface area contributed by atoms with Crippen LogP contribution >= 0.6 is 11.6 Å². The highest BCUT2D eigenvalue weighted by Crippen LogP contribution is 2.31. The molecule has 1 unspecified atom stereocenters. The molecule has 92 valence electrons. The quantitative estimate of drug-likeness (QED) is 0.868. The summed E-state index contributed by atoms with van der Waals surface area (Å²) in [6, 6.07) is 5.38. The molecule has 3 N–H and O–H groups in total. The van der Waals surface area contributed by atoms with Gasteiger partial charge in [0, 0.05) is 6.54 Å². The minimum Gasteiger partial charge on any atom is -0.506 e. The van der Waals surface area contributed by atoms with Gasteiger partial charge in [-0.1, -0.05) is 24.6 Å². The molecule has 1 aromatic carbocycles. The average Bonchev–Trinajstić information content (AvgIpc) is 2.66. The van der Waals surface area contributed by atoms with Crippen LogP contribution in [0.2, 0.25) is 5.02 Å². The van der Waals surface area contributed by atoms with Gasteiger partial charge in [0.1, 0.15) is 5.75 Å². The Morgan fingerprint density at radius 2 is 2.35 bits per heavy atom. The average molecular weight is 254 g/mol. The van der Waals surface area contributed by atoms with E-state index >= 15 is 0 Å². The van der Waals surface area contributed by atoms with Gasteiger partial charge in [-0.05, 0) is 24.1 Å². The Morgan fingerprint density at radius 3 is 3.00 bits per heavy atom. The van der Waals surface area contributed by atoms with Gasteiger partial charge in [0.25, 0.3) is 0 Å². The number of phenolic OH excluding ortho intramolecular Hbond substituents is 1. The van der Waals surface area contributed by atoms with Crippen LogP contribution in [0.25, 0.3) is 0 Å². The number of rotatable bonds is 3. The molecule has 1 aliphatic heterocycles. The van der Waals surface area contributed by atoms with Gasteiger partial charge in [0.05, 0.1) is 17.6 Å². The molecule has 0 saturated carbocycles. The van der Waals surface area contributed by atoms with Crippen LogP contribution in [0.5, 0.6) is 5.75 Å². The molecule has 0 bridgehead atoms. The van der Waals surface area contributed by atoms with E-state index in [4.69, 9.17) is 17.3 Å². The van der Waals surface area contributed by atoms with Crippen LogP contribution < -0.4 is 5.73 Å². The van der Waals surface area contributed by atoms with Gasteiger partial charge in [-0.3, -0.25) is 4.99 Å². The molecule has 17 heavy (non-hydrogen) atoms. The minimum atomic E-state index is 0.101. The van der Waals surface area contributed by atoms with E-state index < -0.39 is 0 Å². The topological polar surface area (TPSA) is 61.8 Å². The van der Waals surface area contributed by atoms with Gasteiger partial charge in [0.2, 0.25) is 0 Å². The van der Waals surface area contributed by atoms with E-state index in [9.17, 15) is 5.11 Å². The van der Waals surface area contributed by atoms with Crippen molar-refractivity contribution in [2.24, 2.45) is 10.7 Å². The Hall–Kier alpha value is -1.42. The number of hydrogen-bond donors (Lipinski definition) is 2. The number of nitrogens with two attached hydrogens (primary N) is 1. The third-order valence-corrected chi connectivity index (χ3v) is 3.22. The Bertz CT molecular complexity index is 447. The molecular formula is C12H16ClN3O. The SMILES string of the molecule is CCCN1C(N)=NCC1c1ccc(O)c(Cl)c1. The minimum absolute atomic E-state index is 0.101. The second-order valence-corrected chi connectivity index (χ2v) is 4.53. The molecule has 0 spiro atoms. The Morgan fingerprint density at radius 1 is 1.59 bits per heavy atom. The molecule has 5 heteroatoms. The zero-order valence-corrected chi connectivity index (χ0v) is 10.5. The monoisotopic (exact) mass is 253 g/mol. The first-order valence-electron chi connectivity index (χ1n) is 5.68. The number of nitrogens with zero attached hydrogens (tertiary/aromatic N) is 2. The Balaban J connectivity index is 2.25. The summed E-state index contributed by atoms with van der Waals surface area (Å²) >= 11 is 5.92. The van der Waals surface area contributed by atoms with E-state index in [1.165, 1.54) is 0 Å². The zero-order chi connectivity index (χ0) is 12.4. The van der Waals surface area contributed by atoms with Crippen molar-refractivity contribution in [3.05, 3.63) is 28.8 Å². The molecule has 1 heterocycles. The summed E-state index contributed by atoms with van der Waals surface area (Å²) in [5.74, 6) is 0.686. The van der Waals surface area contributed by atoms with Gasteiger partial charge < -0.3 is 15.7 Å². The lowest BCUT2D eigenvalue weighted by molar-refractivity contribution is 0.347. The molecule has 0 amide bonds. The van der Waals surface area contributed by atoms with Crippen LogP contribution in [0.1, 0.15) is 24.9 Å². The van der Waals surface area contributed by atoms with Crippen LogP contribution in [0.15, 0.2) is 23.2 Å². The number of halogens is 1.